The highest BCUT2D eigenvalue weighted by Gasteiger charge is 2.25. The van der Waals surface area contributed by atoms with E-state index in [1.165, 1.54) is 24.1 Å². The predicted octanol–water partition coefficient (Wildman–Crippen LogP) is 1.87. The molecule has 2 atom stereocenters. The van der Waals surface area contributed by atoms with Crippen LogP contribution in [-0.4, -0.2) is 43.7 Å². The summed E-state index contributed by atoms with van der Waals surface area (Å²) < 4.78 is 10.8. The second-order valence-corrected chi connectivity index (χ2v) is 7.74. The van der Waals surface area contributed by atoms with E-state index in [2.05, 4.69) is 5.32 Å². The highest BCUT2D eigenvalue weighted by molar-refractivity contribution is 7.09. The number of nitro benzene ring substituents is 1. The maximum atomic E-state index is 12.6. The second kappa shape index (κ2) is 9.63. The normalized spacial score (nSPS) is 17.2. The molecule has 0 aliphatic carbocycles. The number of carbonyl (C=O) groups excluding carboxylic acids is 1. The van der Waals surface area contributed by atoms with Crippen molar-refractivity contribution in [2.24, 2.45) is 0 Å². The Morgan fingerprint density at radius 2 is 2.32 bits per heavy atom. The van der Waals surface area contributed by atoms with Gasteiger partial charge in [-0.25, -0.2) is 0 Å². The maximum absolute atomic E-state index is 12.6. The van der Waals surface area contributed by atoms with Crippen molar-refractivity contribution < 1.29 is 24.1 Å². The van der Waals surface area contributed by atoms with Gasteiger partial charge in [0.15, 0.2) is 6.54 Å². The SMILES string of the molecule is COc1ccc(NC(=O)C[NH+](Cc2cccs2)C[C@H]2CCCO2)c([N+](=O)[O-])c1. The van der Waals surface area contributed by atoms with Crippen molar-refractivity contribution in [3.8, 4) is 5.75 Å². The number of methoxy groups -OCH3 is 1. The minimum Gasteiger partial charge on any atom is -0.496 e. The number of quaternary nitrogens is 1. The molecule has 1 unspecified atom stereocenters. The fraction of sp³-hybridized carbons (Fsp3) is 0.421. The van der Waals surface area contributed by atoms with E-state index in [0.29, 0.717) is 5.75 Å². The number of hydrogen-bond acceptors (Lipinski definition) is 6. The van der Waals surface area contributed by atoms with Gasteiger partial charge in [0.25, 0.3) is 11.6 Å². The van der Waals surface area contributed by atoms with Crippen LogP contribution in [0.15, 0.2) is 35.7 Å². The lowest BCUT2D eigenvalue weighted by Gasteiger charge is -2.21. The lowest BCUT2D eigenvalue weighted by atomic mass is 10.2. The van der Waals surface area contributed by atoms with E-state index in [9.17, 15) is 14.9 Å². The molecule has 0 bridgehead atoms. The predicted molar refractivity (Wildman–Crippen MR) is 106 cm³/mol. The van der Waals surface area contributed by atoms with Gasteiger partial charge in [-0.2, -0.15) is 0 Å². The van der Waals surface area contributed by atoms with Crippen molar-refractivity contribution >= 4 is 28.6 Å². The number of benzene rings is 1. The standard InChI is InChI=1S/C19H23N3O5S/c1-26-14-6-7-17(18(10-14)22(24)25)20-19(23)13-21(11-15-4-2-8-27-15)12-16-5-3-9-28-16/h3,5-7,9-10,15H,2,4,8,11-13H2,1H3,(H,20,23)/p+1/t15-/m1/s1. The first-order chi connectivity index (χ1) is 13.5. The zero-order valence-electron chi connectivity index (χ0n) is 15.7. The molecule has 2 heterocycles. The van der Waals surface area contributed by atoms with Gasteiger partial charge >= 0.3 is 0 Å². The number of anilines is 1. The van der Waals surface area contributed by atoms with E-state index in [0.717, 1.165) is 37.4 Å². The minimum absolute atomic E-state index is 0.151. The number of nitrogens with zero attached hydrogens (tertiary/aromatic N) is 1. The Hall–Kier alpha value is -2.49. The molecule has 0 radical (unpaired) electrons. The van der Waals surface area contributed by atoms with E-state index < -0.39 is 4.92 Å². The number of carbonyl (C=O) groups is 1. The third-order valence-electron chi connectivity index (χ3n) is 4.63. The molecule has 3 rings (SSSR count). The van der Waals surface area contributed by atoms with Crippen molar-refractivity contribution in [1.82, 2.24) is 0 Å². The lowest BCUT2D eigenvalue weighted by Crippen LogP contribution is -3.12. The number of amides is 1. The summed E-state index contributed by atoms with van der Waals surface area (Å²) in [6.07, 6.45) is 2.19. The summed E-state index contributed by atoms with van der Waals surface area (Å²) in [5.41, 5.74) is -0.0185. The summed E-state index contributed by atoms with van der Waals surface area (Å²) >= 11 is 1.65. The Morgan fingerprint density at radius 3 is 2.96 bits per heavy atom. The van der Waals surface area contributed by atoms with E-state index in [-0.39, 0.29) is 29.9 Å². The van der Waals surface area contributed by atoms with Crippen LogP contribution in [0.5, 0.6) is 5.75 Å². The smallest absolute Gasteiger partial charge is 0.296 e. The van der Waals surface area contributed by atoms with Crippen molar-refractivity contribution in [3.05, 3.63) is 50.7 Å². The Morgan fingerprint density at radius 1 is 1.46 bits per heavy atom. The quantitative estimate of drug-likeness (QED) is 0.490. The molecular formula is C19H24N3O5S+. The third kappa shape index (κ3) is 5.51. The molecule has 1 aromatic heterocycles. The summed E-state index contributed by atoms with van der Waals surface area (Å²) in [6.45, 7) is 2.42. The molecule has 1 fully saturated rings. The zero-order chi connectivity index (χ0) is 19.9. The monoisotopic (exact) mass is 406 g/mol. The van der Waals surface area contributed by atoms with Crippen LogP contribution in [-0.2, 0) is 16.1 Å². The van der Waals surface area contributed by atoms with Crippen molar-refractivity contribution in [2.75, 3.05) is 32.1 Å². The first-order valence-corrected chi connectivity index (χ1v) is 10.0. The van der Waals surface area contributed by atoms with Gasteiger partial charge in [-0.05, 0) is 36.4 Å². The van der Waals surface area contributed by atoms with Gasteiger partial charge in [0.1, 0.15) is 30.6 Å². The van der Waals surface area contributed by atoms with Crippen LogP contribution in [0.4, 0.5) is 11.4 Å². The van der Waals surface area contributed by atoms with E-state index in [1.54, 1.807) is 17.4 Å². The molecular weight excluding hydrogens is 382 g/mol. The zero-order valence-corrected chi connectivity index (χ0v) is 16.5. The number of ether oxygens (including phenoxy) is 2. The molecule has 1 saturated heterocycles. The number of hydrogen-bond donors (Lipinski definition) is 2. The topological polar surface area (TPSA) is 95.1 Å². The van der Waals surface area contributed by atoms with Crippen molar-refractivity contribution in [3.63, 3.8) is 0 Å². The summed E-state index contributed by atoms with van der Waals surface area (Å²) in [6, 6.07) is 8.42. The molecule has 2 N–H and O–H groups in total. The Labute approximate surface area is 167 Å². The summed E-state index contributed by atoms with van der Waals surface area (Å²) in [7, 11) is 1.44. The fourth-order valence-corrected chi connectivity index (χ4v) is 4.09. The van der Waals surface area contributed by atoms with Crippen LogP contribution in [0, 0.1) is 10.1 Å². The lowest BCUT2D eigenvalue weighted by molar-refractivity contribution is -0.908. The maximum Gasteiger partial charge on any atom is 0.296 e. The molecule has 1 aliphatic heterocycles. The van der Waals surface area contributed by atoms with Crippen molar-refractivity contribution in [2.45, 2.75) is 25.5 Å². The van der Waals surface area contributed by atoms with Crippen LogP contribution in [0.25, 0.3) is 0 Å². The van der Waals surface area contributed by atoms with Crippen LogP contribution < -0.4 is 15.0 Å². The van der Waals surface area contributed by atoms with Gasteiger partial charge in [0.2, 0.25) is 0 Å². The van der Waals surface area contributed by atoms with E-state index in [4.69, 9.17) is 9.47 Å². The molecule has 1 aromatic carbocycles. The Bertz CT molecular complexity index is 806. The number of nitro groups is 1. The minimum atomic E-state index is -0.527. The van der Waals surface area contributed by atoms with Gasteiger partial charge in [-0.1, -0.05) is 6.07 Å². The molecule has 0 spiro atoms. The van der Waals surface area contributed by atoms with Gasteiger partial charge in [-0.3, -0.25) is 14.9 Å². The summed E-state index contributed by atoms with van der Waals surface area (Å²) in [5, 5.41) is 16.0. The van der Waals surface area contributed by atoms with Gasteiger partial charge in [0.05, 0.1) is 23.0 Å². The van der Waals surface area contributed by atoms with E-state index in [1.807, 2.05) is 17.5 Å². The third-order valence-corrected chi connectivity index (χ3v) is 5.51. The van der Waals surface area contributed by atoms with Gasteiger partial charge < -0.3 is 19.7 Å². The van der Waals surface area contributed by atoms with Crippen LogP contribution >= 0.6 is 11.3 Å². The summed E-state index contributed by atoms with van der Waals surface area (Å²) in [4.78, 5) is 25.7. The summed E-state index contributed by atoms with van der Waals surface area (Å²) in [5.74, 6) is 0.103. The first-order valence-electron chi connectivity index (χ1n) is 9.15. The molecule has 1 aliphatic rings. The second-order valence-electron chi connectivity index (χ2n) is 6.71. The van der Waals surface area contributed by atoms with Crippen LogP contribution in [0.2, 0.25) is 0 Å². The molecule has 28 heavy (non-hydrogen) atoms. The molecule has 1 amide bonds. The van der Waals surface area contributed by atoms with Gasteiger partial charge in [-0.15, -0.1) is 11.3 Å². The molecule has 150 valence electrons. The molecule has 8 nitrogen and oxygen atoms in total. The van der Waals surface area contributed by atoms with Crippen LogP contribution in [0.3, 0.4) is 0 Å². The highest BCUT2D eigenvalue weighted by atomic mass is 32.1. The Kier molecular flexibility index (Phi) is 6.96. The van der Waals surface area contributed by atoms with E-state index >= 15 is 0 Å². The first kappa shape index (κ1) is 20.2. The molecule has 2 aromatic rings. The molecule has 9 heteroatoms. The number of rotatable bonds is 9. The Balaban J connectivity index is 1.68. The number of nitrogens with one attached hydrogen (secondary N) is 2. The molecule has 0 saturated carbocycles. The average Bonchev–Trinajstić information content (AvgIpc) is 3.36. The number of thiophene rings is 1. The largest absolute Gasteiger partial charge is 0.496 e. The van der Waals surface area contributed by atoms with Gasteiger partial charge in [0, 0.05) is 6.61 Å². The highest BCUT2D eigenvalue weighted by Crippen LogP contribution is 2.28. The fourth-order valence-electron chi connectivity index (χ4n) is 3.31. The van der Waals surface area contributed by atoms with Crippen molar-refractivity contribution in [1.29, 1.82) is 0 Å². The van der Waals surface area contributed by atoms with Crippen LogP contribution in [0.1, 0.15) is 17.7 Å². The average molecular weight is 406 g/mol.